The van der Waals surface area contributed by atoms with Crippen molar-refractivity contribution in [1.82, 2.24) is 10.3 Å². The summed E-state index contributed by atoms with van der Waals surface area (Å²) in [4.78, 5) is 4.35. The van der Waals surface area contributed by atoms with Crippen LogP contribution < -0.4 is 5.32 Å². The lowest BCUT2D eigenvalue weighted by atomic mass is 10.0. The summed E-state index contributed by atoms with van der Waals surface area (Å²) in [7, 11) is 0. The predicted octanol–water partition coefficient (Wildman–Crippen LogP) is 2.79. The Morgan fingerprint density at radius 3 is 2.71 bits per heavy atom. The number of benzene rings is 1. The zero-order valence-corrected chi connectivity index (χ0v) is 12.4. The third kappa shape index (κ3) is 3.49. The number of rotatable bonds is 4. The van der Waals surface area contributed by atoms with Crippen molar-refractivity contribution in [2.75, 3.05) is 0 Å². The molecule has 110 valence electrons. The molecular weight excluding hydrogens is 260 g/mol. The number of nitrogens with zero attached hydrogens (tertiary/aromatic N) is 1. The Morgan fingerprint density at radius 2 is 2.00 bits per heavy atom. The fourth-order valence-corrected chi connectivity index (χ4v) is 3.05. The average Bonchev–Trinajstić information content (AvgIpc) is 2.98. The van der Waals surface area contributed by atoms with E-state index in [0.29, 0.717) is 6.04 Å². The number of pyridine rings is 1. The molecule has 1 aromatic carbocycles. The molecule has 1 aliphatic rings. The number of hydrogen-bond donors (Lipinski definition) is 2. The van der Waals surface area contributed by atoms with Gasteiger partial charge in [-0.25, -0.2) is 0 Å². The van der Waals surface area contributed by atoms with Crippen LogP contribution in [0.3, 0.4) is 0 Å². The summed E-state index contributed by atoms with van der Waals surface area (Å²) in [5.41, 5.74) is 3.30. The SMILES string of the molecule is Cc1ccc(CC2CCC(C(O)c3ccccc3)N2)cn1. The van der Waals surface area contributed by atoms with Gasteiger partial charge in [-0.3, -0.25) is 4.98 Å². The first-order chi connectivity index (χ1) is 10.2. The molecule has 3 heteroatoms. The van der Waals surface area contributed by atoms with E-state index in [1.807, 2.05) is 43.5 Å². The predicted molar refractivity (Wildman–Crippen MR) is 84.0 cm³/mol. The van der Waals surface area contributed by atoms with Crippen molar-refractivity contribution < 1.29 is 5.11 Å². The van der Waals surface area contributed by atoms with E-state index in [9.17, 15) is 5.11 Å². The van der Waals surface area contributed by atoms with Crippen LogP contribution in [-0.4, -0.2) is 22.2 Å². The topological polar surface area (TPSA) is 45.1 Å². The third-order valence-electron chi connectivity index (χ3n) is 4.25. The standard InChI is InChI=1S/C18H22N2O/c1-13-7-8-14(12-19-13)11-16-9-10-17(20-16)18(21)15-5-3-2-4-6-15/h2-8,12,16-18,20-21H,9-11H2,1H3. The van der Waals surface area contributed by atoms with E-state index < -0.39 is 6.10 Å². The Kier molecular flexibility index (Phi) is 4.32. The molecule has 0 spiro atoms. The van der Waals surface area contributed by atoms with Gasteiger partial charge in [0.15, 0.2) is 0 Å². The Morgan fingerprint density at radius 1 is 1.19 bits per heavy atom. The van der Waals surface area contributed by atoms with Crippen molar-refractivity contribution >= 4 is 0 Å². The molecule has 3 nitrogen and oxygen atoms in total. The molecular formula is C18H22N2O. The normalized spacial score (nSPS) is 23.1. The van der Waals surface area contributed by atoms with Crippen LogP contribution in [-0.2, 0) is 6.42 Å². The van der Waals surface area contributed by atoms with Crippen LogP contribution in [0.2, 0.25) is 0 Å². The molecule has 1 fully saturated rings. The second-order valence-electron chi connectivity index (χ2n) is 5.91. The average molecular weight is 282 g/mol. The zero-order chi connectivity index (χ0) is 14.7. The molecule has 0 amide bonds. The van der Waals surface area contributed by atoms with Gasteiger partial charge in [-0.15, -0.1) is 0 Å². The maximum absolute atomic E-state index is 10.5. The zero-order valence-electron chi connectivity index (χ0n) is 12.4. The van der Waals surface area contributed by atoms with Crippen molar-refractivity contribution in [2.24, 2.45) is 0 Å². The van der Waals surface area contributed by atoms with Crippen molar-refractivity contribution in [3.05, 3.63) is 65.5 Å². The van der Waals surface area contributed by atoms with Crippen LogP contribution in [0.15, 0.2) is 48.7 Å². The molecule has 2 aromatic rings. The van der Waals surface area contributed by atoms with Crippen LogP contribution in [0, 0.1) is 6.92 Å². The maximum Gasteiger partial charge on any atom is 0.0943 e. The summed E-state index contributed by atoms with van der Waals surface area (Å²) in [6, 6.07) is 14.7. The first-order valence-electron chi connectivity index (χ1n) is 7.63. The number of nitrogens with one attached hydrogen (secondary N) is 1. The highest BCUT2D eigenvalue weighted by Gasteiger charge is 2.29. The van der Waals surface area contributed by atoms with E-state index in [1.54, 1.807) is 0 Å². The van der Waals surface area contributed by atoms with Crippen LogP contribution in [0.1, 0.15) is 35.8 Å². The summed E-state index contributed by atoms with van der Waals surface area (Å²) in [6.07, 6.45) is 4.62. The highest BCUT2D eigenvalue weighted by atomic mass is 16.3. The molecule has 1 aromatic heterocycles. The van der Waals surface area contributed by atoms with Gasteiger partial charge in [0.2, 0.25) is 0 Å². The van der Waals surface area contributed by atoms with Crippen LogP contribution >= 0.6 is 0 Å². The Balaban J connectivity index is 1.59. The Hall–Kier alpha value is -1.71. The summed E-state index contributed by atoms with van der Waals surface area (Å²) in [6.45, 7) is 2.00. The monoisotopic (exact) mass is 282 g/mol. The van der Waals surface area contributed by atoms with E-state index in [0.717, 1.165) is 30.5 Å². The second kappa shape index (κ2) is 6.37. The molecule has 2 heterocycles. The molecule has 0 aliphatic carbocycles. The van der Waals surface area contributed by atoms with Gasteiger partial charge in [0, 0.05) is 24.0 Å². The summed E-state index contributed by atoms with van der Waals surface area (Å²) in [5.74, 6) is 0. The first kappa shape index (κ1) is 14.2. The molecule has 2 N–H and O–H groups in total. The smallest absolute Gasteiger partial charge is 0.0943 e. The lowest BCUT2D eigenvalue weighted by Gasteiger charge is -2.20. The van der Waals surface area contributed by atoms with E-state index in [-0.39, 0.29) is 6.04 Å². The van der Waals surface area contributed by atoms with Gasteiger partial charge >= 0.3 is 0 Å². The quantitative estimate of drug-likeness (QED) is 0.906. The summed E-state index contributed by atoms with van der Waals surface area (Å²) < 4.78 is 0. The number of aliphatic hydroxyl groups excluding tert-OH is 1. The largest absolute Gasteiger partial charge is 0.387 e. The maximum atomic E-state index is 10.5. The fraction of sp³-hybridized carbons (Fsp3) is 0.389. The van der Waals surface area contributed by atoms with Gasteiger partial charge in [0.25, 0.3) is 0 Å². The third-order valence-corrected chi connectivity index (χ3v) is 4.25. The van der Waals surface area contributed by atoms with Gasteiger partial charge < -0.3 is 10.4 Å². The number of aliphatic hydroxyl groups is 1. The van der Waals surface area contributed by atoms with Crippen molar-refractivity contribution in [3.63, 3.8) is 0 Å². The highest BCUT2D eigenvalue weighted by molar-refractivity contribution is 5.20. The molecule has 1 saturated heterocycles. The molecule has 0 bridgehead atoms. The molecule has 0 saturated carbocycles. The minimum atomic E-state index is -0.424. The lowest BCUT2D eigenvalue weighted by Crippen LogP contribution is -2.35. The molecule has 3 rings (SSSR count). The lowest BCUT2D eigenvalue weighted by molar-refractivity contribution is 0.135. The van der Waals surface area contributed by atoms with Crippen molar-refractivity contribution in [2.45, 2.75) is 44.4 Å². The van der Waals surface area contributed by atoms with Crippen molar-refractivity contribution in [3.8, 4) is 0 Å². The molecule has 1 aliphatic heterocycles. The van der Waals surface area contributed by atoms with E-state index in [2.05, 4.69) is 22.4 Å². The van der Waals surface area contributed by atoms with E-state index in [1.165, 1.54) is 5.56 Å². The van der Waals surface area contributed by atoms with Crippen LogP contribution in [0.5, 0.6) is 0 Å². The molecule has 0 radical (unpaired) electrons. The van der Waals surface area contributed by atoms with Gasteiger partial charge in [-0.2, -0.15) is 0 Å². The number of hydrogen-bond acceptors (Lipinski definition) is 3. The van der Waals surface area contributed by atoms with E-state index in [4.69, 9.17) is 0 Å². The van der Waals surface area contributed by atoms with Crippen LogP contribution in [0.25, 0.3) is 0 Å². The molecule has 3 atom stereocenters. The molecule has 21 heavy (non-hydrogen) atoms. The van der Waals surface area contributed by atoms with Gasteiger partial charge in [0.05, 0.1) is 6.10 Å². The fourth-order valence-electron chi connectivity index (χ4n) is 3.05. The Bertz CT molecular complexity index is 568. The van der Waals surface area contributed by atoms with Crippen LogP contribution in [0.4, 0.5) is 0 Å². The Labute approximate surface area is 126 Å². The highest BCUT2D eigenvalue weighted by Crippen LogP contribution is 2.26. The minimum Gasteiger partial charge on any atom is -0.387 e. The minimum absolute atomic E-state index is 0.149. The molecule has 3 unspecified atom stereocenters. The summed E-state index contributed by atoms with van der Waals surface area (Å²) >= 11 is 0. The summed E-state index contributed by atoms with van der Waals surface area (Å²) in [5, 5.41) is 14.0. The van der Waals surface area contributed by atoms with Gasteiger partial charge in [0.1, 0.15) is 0 Å². The first-order valence-corrected chi connectivity index (χ1v) is 7.63. The number of aryl methyl sites for hydroxylation is 1. The van der Waals surface area contributed by atoms with Gasteiger partial charge in [-0.05, 0) is 43.4 Å². The van der Waals surface area contributed by atoms with Gasteiger partial charge in [-0.1, -0.05) is 36.4 Å². The second-order valence-corrected chi connectivity index (χ2v) is 5.91. The van der Waals surface area contributed by atoms with E-state index >= 15 is 0 Å². The number of aromatic nitrogens is 1. The van der Waals surface area contributed by atoms with Crippen molar-refractivity contribution in [1.29, 1.82) is 0 Å².